The van der Waals surface area contributed by atoms with Gasteiger partial charge in [-0.05, 0) is 45.3 Å². The van der Waals surface area contributed by atoms with Crippen molar-refractivity contribution in [2.45, 2.75) is 6.42 Å². The predicted molar refractivity (Wildman–Crippen MR) is 119 cm³/mol. The molecule has 0 saturated heterocycles. The van der Waals surface area contributed by atoms with E-state index < -0.39 is 4.92 Å². The number of fused-ring (bicyclic) bond motifs is 1. The van der Waals surface area contributed by atoms with E-state index in [0.29, 0.717) is 34.4 Å². The molecular formula is C20H21ClN4O4S. The molecule has 0 radical (unpaired) electrons. The molecular weight excluding hydrogens is 428 g/mol. The number of hydrogen-bond acceptors (Lipinski definition) is 7. The summed E-state index contributed by atoms with van der Waals surface area (Å²) in [4.78, 5) is 32.1. The lowest BCUT2D eigenvalue weighted by atomic mass is 10.1. The van der Waals surface area contributed by atoms with E-state index in [2.05, 4.69) is 4.98 Å². The normalized spacial score (nSPS) is 11.1. The number of methoxy groups -OCH3 is 1. The second kappa shape index (κ2) is 9.38. The van der Waals surface area contributed by atoms with Crippen molar-refractivity contribution in [3.63, 3.8) is 0 Å². The molecule has 0 atom stereocenters. The zero-order chi connectivity index (χ0) is 21.8. The van der Waals surface area contributed by atoms with Gasteiger partial charge in [-0.15, -0.1) is 0 Å². The number of hydrogen-bond donors (Lipinski definition) is 0. The molecule has 0 aliphatic carbocycles. The molecule has 0 bridgehead atoms. The van der Waals surface area contributed by atoms with Crippen LogP contribution in [0.1, 0.15) is 16.8 Å². The van der Waals surface area contributed by atoms with Gasteiger partial charge >= 0.3 is 0 Å². The number of thiazole rings is 1. The van der Waals surface area contributed by atoms with E-state index >= 15 is 0 Å². The van der Waals surface area contributed by atoms with Crippen molar-refractivity contribution in [2.24, 2.45) is 0 Å². The van der Waals surface area contributed by atoms with Crippen molar-refractivity contribution in [1.82, 2.24) is 9.88 Å². The Bertz CT molecular complexity index is 1090. The summed E-state index contributed by atoms with van der Waals surface area (Å²) >= 11 is 7.62. The van der Waals surface area contributed by atoms with E-state index in [-0.39, 0.29) is 17.2 Å². The van der Waals surface area contributed by atoms with Gasteiger partial charge in [0.2, 0.25) is 0 Å². The largest absolute Gasteiger partial charge is 0.494 e. The predicted octanol–water partition coefficient (Wildman–Crippen LogP) is 4.47. The van der Waals surface area contributed by atoms with Gasteiger partial charge < -0.3 is 9.64 Å². The summed E-state index contributed by atoms with van der Waals surface area (Å²) in [6.45, 7) is 1.17. The lowest BCUT2D eigenvalue weighted by Crippen LogP contribution is -2.33. The maximum atomic E-state index is 13.3. The zero-order valence-electron chi connectivity index (χ0n) is 16.8. The summed E-state index contributed by atoms with van der Waals surface area (Å²) in [6.07, 6.45) is 0.703. The smallest absolute Gasteiger partial charge is 0.270 e. The summed E-state index contributed by atoms with van der Waals surface area (Å²) in [5.41, 5.74) is 0.670. The van der Waals surface area contributed by atoms with Crippen LogP contribution in [0, 0.1) is 10.1 Å². The Balaban J connectivity index is 2.03. The third kappa shape index (κ3) is 4.69. The first-order valence-electron chi connectivity index (χ1n) is 9.16. The number of carbonyl (C=O) groups excluding carboxylic acids is 1. The topological polar surface area (TPSA) is 88.8 Å². The number of amides is 1. The first kappa shape index (κ1) is 21.9. The Morgan fingerprint density at radius 3 is 2.70 bits per heavy atom. The third-order valence-electron chi connectivity index (χ3n) is 4.43. The van der Waals surface area contributed by atoms with E-state index in [1.54, 1.807) is 30.2 Å². The molecule has 158 valence electrons. The Labute approximate surface area is 182 Å². The van der Waals surface area contributed by atoms with Crippen molar-refractivity contribution in [3.05, 3.63) is 57.1 Å². The van der Waals surface area contributed by atoms with E-state index in [4.69, 9.17) is 16.3 Å². The van der Waals surface area contributed by atoms with Crippen LogP contribution in [-0.4, -0.2) is 55.0 Å². The Kier molecular flexibility index (Phi) is 6.86. The van der Waals surface area contributed by atoms with Gasteiger partial charge in [0.05, 0.1) is 21.8 Å². The highest BCUT2D eigenvalue weighted by atomic mass is 35.5. The first-order valence-corrected chi connectivity index (χ1v) is 10.4. The van der Waals surface area contributed by atoms with Crippen LogP contribution in [0.2, 0.25) is 5.02 Å². The molecule has 1 heterocycles. The van der Waals surface area contributed by atoms with Crippen LogP contribution in [-0.2, 0) is 0 Å². The quantitative estimate of drug-likeness (QED) is 0.373. The molecule has 30 heavy (non-hydrogen) atoms. The average Bonchev–Trinajstić information content (AvgIpc) is 3.17. The average molecular weight is 449 g/mol. The summed E-state index contributed by atoms with van der Waals surface area (Å²) in [5, 5.41) is 12.1. The van der Waals surface area contributed by atoms with Gasteiger partial charge in [-0.25, -0.2) is 4.98 Å². The number of aromatic nitrogens is 1. The summed E-state index contributed by atoms with van der Waals surface area (Å²) in [6, 6.07) is 9.16. The highest BCUT2D eigenvalue weighted by Crippen LogP contribution is 2.39. The van der Waals surface area contributed by atoms with E-state index in [9.17, 15) is 14.9 Å². The molecule has 10 heteroatoms. The zero-order valence-corrected chi connectivity index (χ0v) is 18.4. The van der Waals surface area contributed by atoms with E-state index in [0.717, 1.165) is 11.2 Å². The molecule has 2 aromatic carbocycles. The number of anilines is 1. The minimum Gasteiger partial charge on any atom is -0.494 e. The number of rotatable bonds is 8. The molecule has 0 unspecified atom stereocenters. The van der Waals surface area contributed by atoms with Gasteiger partial charge in [0.25, 0.3) is 11.6 Å². The molecule has 1 amide bonds. The van der Waals surface area contributed by atoms with Gasteiger partial charge in [-0.3, -0.25) is 19.8 Å². The second-order valence-corrected chi connectivity index (χ2v) is 8.23. The molecule has 0 spiro atoms. The van der Waals surface area contributed by atoms with Gasteiger partial charge in [0, 0.05) is 24.2 Å². The van der Waals surface area contributed by atoms with Crippen molar-refractivity contribution in [1.29, 1.82) is 0 Å². The Hall–Kier alpha value is -2.75. The van der Waals surface area contributed by atoms with E-state index in [1.165, 1.54) is 29.5 Å². The minimum absolute atomic E-state index is 0.136. The summed E-state index contributed by atoms with van der Waals surface area (Å²) in [7, 11) is 5.45. The van der Waals surface area contributed by atoms with Gasteiger partial charge in [-0.2, -0.15) is 0 Å². The molecule has 3 aromatic rings. The lowest BCUT2D eigenvalue weighted by Gasteiger charge is -2.21. The standard InChI is InChI=1S/C20H21ClN4O4S/c1-23(2)10-5-11-24(19(26)13-6-4-7-14(12-13)25(27)28)20-22-17-16(29-3)9-8-15(21)18(17)30-20/h4,6-9,12H,5,10-11H2,1-3H3. The molecule has 1 aromatic heterocycles. The van der Waals surface area contributed by atoms with E-state index in [1.807, 2.05) is 19.0 Å². The second-order valence-electron chi connectivity index (χ2n) is 6.84. The van der Waals surface area contributed by atoms with Crippen LogP contribution < -0.4 is 9.64 Å². The summed E-state index contributed by atoms with van der Waals surface area (Å²) in [5.74, 6) is 0.208. The number of halogens is 1. The van der Waals surface area contributed by atoms with Crippen molar-refractivity contribution < 1.29 is 14.5 Å². The molecule has 0 aliphatic rings. The fourth-order valence-electron chi connectivity index (χ4n) is 2.96. The Morgan fingerprint density at radius 2 is 2.03 bits per heavy atom. The fourth-order valence-corrected chi connectivity index (χ4v) is 4.24. The molecule has 0 aliphatic heterocycles. The molecule has 3 rings (SSSR count). The monoisotopic (exact) mass is 448 g/mol. The van der Waals surface area contributed by atoms with Crippen LogP contribution in [0.5, 0.6) is 5.75 Å². The highest BCUT2D eigenvalue weighted by Gasteiger charge is 2.24. The number of nitro benzene ring substituents is 1. The van der Waals surface area contributed by atoms with Crippen LogP contribution in [0.3, 0.4) is 0 Å². The number of ether oxygens (including phenoxy) is 1. The summed E-state index contributed by atoms with van der Waals surface area (Å²) < 4.78 is 6.09. The fraction of sp³-hybridized carbons (Fsp3) is 0.300. The van der Waals surface area contributed by atoms with Gasteiger partial charge in [-0.1, -0.05) is 29.0 Å². The highest BCUT2D eigenvalue weighted by molar-refractivity contribution is 7.23. The van der Waals surface area contributed by atoms with Crippen molar-refractivity contribution >= 4 is 49.9 Å². The van der Waals surface area contributed by atoms with Gasteiger partial charge in [0.15, 0.2) is 5.13 Å². The first-order chi connectivity index (χ1) is 14.3. The molecule has 8 nitrogen and oxygen atoms in total. The van der Waals surface area contributed by atoms with Crippen LogP contribution >= 0.6 is 22.9 Å². The van der Waals surface area contributed by atoms with Crippen molar-refractivity contribution in [2.75, 3.05) is 39.2 Å². The number of nitrogens with zero attached hydrogens (tertiary/aromatic N) is 4. The third-order valence-corrected chi connectivity index (χ3v) is 5.97. The molecule has 0 saturated carbocycles. The lowest BCUT2D eigenvalue weighted by molar-refractivity contribution is -0.384. The number of non-ortho nitro benzene ring substituents is 1. The number of carbonyl (C=O) groups is 1. The van der Waals surface area contributed by atoms with Crippen molar-refractivity contribution in [3.8, 4) is 5.75 Å². The molecule has 0 N–H and O–H groups in total. The SMILES string of the molecule is COc1ccc(Cl)c2sc(N(CCCN(C)C)C(=O)c3cccc([N+](=O)[O-])c3)nc12. The van der Waals surface area contributed by atoms with Crippen LogP contribution in [0.25, 0.3) is 10.2 Å². The Morgan fingerprint density at radius 1 is 1.27 bits per heavy atom. The van der Waals surface area contributed by atoms with Crippen LogP contribution in [0.15, 0.2) is 36.4 Å². The minimum atomic E-state index is -0.518. The van der Waals surface area contributed by atoms with Gasteiger partial charge in [0.1, 0.15) is 11.3 Å². The maximum absolute atomic E-state index is 13.3. The molecule has 0 fully saturated rings. The van der Waals surface area contributed by atoms with Crippen LogP contribution in [0.4, 0.5) is 10.8 Å². The maximum Gasteiger partial charge on any atom is 0.270 e. The number of nitro groups is 1. The number of benzene rings is 2.